The lowest BCUT2D eigenvalue weighted by Crippen LogP contribution is -2.34. The van der Waals surface area contributed by atoms with E-state index in [4.69, 9.17) is 9.47 Å². The fourth-order valence-electron chi connectivity index (χ4n) is 6.87. The Morgan fingerprint density at radius 3 is 1.51 bits per heavy atom. The number of nitrogens with zero attached hydrogens (tertiary/aromatic N) is 3. The van der Waals surface area contributed by atoms with Crippen molar-refractivity contribution in [1.29, 1.82) is 0 Å². The second-order valence-corrected chi connectivity index (χ2v) is 15.2. The summed E-state index contributed by atoms with van der Waals surface area (Å²) in [5, 5.41) is 14.4. The van der Waals surface area contributed by atoms with Crippen LogP contribution in [0.5, 0.6) is 23.0 Å². The van der Waals surface area contributed by atoms with E-state index in [0.29, 0.717) is 23.1 Å². The fourth-order valence-corrected chi connectivity index (χ4v) is 6.87. The first-order chi connectivity index (χ1) is 26.8. The van der Waals surface area contributed by atoms with Gasteiger partial charge in [-0.2, -0.15) is 0 Å². The van der Waals surface area contributed by atoms with Gasteiger partial charge in [0.1, 0.15) is 34.6 Å². The zero-order valence-electron chi connectivity index (χ0n) is 35.2. The van der Waals surface area contributed by atoms with Gasteiger partial charge in [-0.05, 0) is 140 Å². The third-order valence-corrected chi connectivity index (χ3v) is 10.5. The first-order valence-electron chi connectivity index (χ1n) is 19.0. The van der Waals surface area contributed by atoms with Crippen molar-refractivity contribution in [2.24, 2.45) is 0 Å². The fraction of sp³-hybridized carbons (Fsp3) is 0.395. The number of hydrogen-bond donors (Lipinski definition) is 5. The summed E-state index contributed by atoms with van der Waals surface area (Å²) in [6.45, 7) is 23.4. The lowest BCUT2D eigenvalue weighted by Gasteiger charge is -2.22. The predicted molar refractivity (Wildman–Crippen MR) is 223 cm³/mol. The molecule has 4 heterocycles. The summed E-state index contributed by atoms with van der Waals surface area (Å²) < 4.78 is 12.6. The van der Waals surface area contributed by atoms with Gasteiger partial charge in [0.05, 0.1) is 12.8 Å². The zero-order valence-corrected chi connectivity index (χ0v) is 35.2. The van der Waals surface area contributed by atoms with Gasteiger partial charge in [0.2, 0.25) is 11.8 Å². The van der Waals surface area contributed by atoms with Crippen LogP contribution in [0.1, 0.15) is 83.3 Å². The first kappa shape index (κ1) is 42.0. The highest BCUT2D eigenvalue weighted by atomic mass is 16.5. The van der Waals surface area contributed by atoms with E-state index in [1.165, 1.54) is 0 Å². The molecule has 0 saturated heterocycles. The standard InChI is InChI=1S/C22H28N4O3.C21H26N4O3/c1-11(2)24-22(28)25-19-12(3)14(5)20(15(6)13(19)4)29-17-8-9-23-21-16(17)10-18(27)26(21)7;1-10(2)23-21(27)25-18-11(3)13(5)19(14(6)12(18)4)28-16-7-8-22-20-15(16)9-17(26)24-20/h8-9,11H,10H2,1-7H3,(H2,24,25,28);7-8,10H,9H2,1-6H3,(H,22,24,26)(H2,23,25,27). The summed E-state index contributed by atoms with van der Waals surface area (Å²) in [6.07, 6.45) is 3.81. The van der Waals surface area contributed by atoms with Gasteiger partial charge >= 0.3 is 12.1 Å². The minimum absolute atomic E-state index is 0.0000628. The number of fused-ring (bicyclic) bond motifs is 2. The van der Waals surface area contributed by atoms with Crippen LogP contribution in [-0.4, -0.2) is 53.0 Å². The lowest BCUT2D eigenvalue weighted by atomic mass is 9.97. The quantitative estimate of drug-likeness (QED) is 0.119. The Hall–Kier alpha value is -6.18. The van der Waals surface area contributed by atoms with Gasteiger partial charge in [0.15, 0.2) is 0 Å². The second-order valence-electron chi connectivity index (χ2n) is 15.2. The second kappa shape index (κ2) is 16.9. The molecule has 0 fully saturated rings. The highest BCUT2D eigenvalue weighted by Gasteiger charge is 2.30. The number of rotatable bonds is 8. The third kappa shape index (κ3) is 8.79. The Morgan fingerprint density at radius 1 is 0.649 bits per heavy atom. The third-order valence-electron chi connectivity index (χ3n) is 10.5. The lowest BCUT2D eigenvalue weighted by molar-refractivity contribution is -0.117. The molecule has 4 aromatic rings. The van der Waals surface area contributed by atoms with Gasteiger partial charge in [0, 0.05) is 54.0 Å². The summed E-state index contributed by atoms with van der Waals surface area (Å²) in [5.74, 6) is 3.83. The topological polar surface area (TPSA) is 176 Å². The van der Waals surface area contributed by atoms with Crippen LogP contribution in [-0.2, 0) is 22.4 Å². The van der Waals surface area contributed by atoms with Crippen molar-refractivity contribution in [3.05, 3.63) is 80.2 Å². The molecule has 5 N–H and O–H groups in total. The Kier molecular flexibility index (Phi) is 12.4. The molecule has 6 amide bonds. The van der Waals surface area contributed by atoms with Crippen molar-refractivity contribution in [1.82, 2.24) is 20.6 Å². The molecule has 2 aromatic carbocycles. The van der Waals surface area contributed by atoms with Crippen molar-refractivity contribution in [2.75, 3.05) is 27.9 Å². The van der Waals surface area contributed by atoms with E-state index in [9.17, 15) is 19.2 Å². The smallest absolute Gasteiger partial charge is 0.319 e. The van der Waals surface area contributed by atoms with E-state index >= 15 is 0 Å². The highest BCUT2D eigenvalue weighted by Crippen LogP contribution is 2.42. The zero-order chi connectivity index (χ0) is 42.0. The number of anilines is 4. The van der Waals surface area contributed by atoms with Gasteiger partial charge in [0.25, 0.3) is 0 Å². The molecule has 0 unspecified atom stereocenters. The predicted octanol–water partition coefficient (Wildman–Crippen LogP) is 8.29. The van der Waals surface area contributed by atoms with Crippen LogP contribution >= 0.6 is 0 Å². The van der Waals surface area contributed by atoms with E-state index < -0.39 is 0 Å². The average molecular weight is 779 g/mol. The van der Waals surface area contributed by atoms with Crippen molar-refractivity contribution < 1.29 is 28.7 Å². The number of ether oxygens (including phenoxy) is 2. The molecule has 0 spiro atoms. The highest BCUT2D eigenvalue weighted by molar-refractivity contribution is 6.01. The Labute approximate surface area is 334 Å². The van der Waals surface area contributed by atoms with Crippen LogP contribution in [0.15, 0.2) is 24.5 Å². The van der Waals surface area contributed by atoms with Crippen LogP contribution in [0, 0.1) is 55.4 Å². The van der Waals surface area contributed by atoms with Gasteiger partial charge in [-0.15, -0.1) is 0 Å². The van der Waals surface area contributed by atoms with Crippen LogP contribution in [0.4, 0.5) is 32.6 Å². The molecule has 6 rings (SSSR count). The molecule has 0 aliphatic carbocycles. The minimum atomic E-state index is -0.231. The molecule has 302 valence electrons. The normalized spacial score (nSPS) is 12.8. The van der Waals surface area contributed by atoms with Crippen molar-refractivity contribution >= 4 is 46.9 Å². The SMILES string of the molecule is Cc1c(C)c(Oc2ccnc3c2CC(=O)N3)c(C)c(C)c1NC(=O)NC(C)C.Cc1c(C)c(Oc2ccnc3c2CC(=O)N3C)c(C)c(C)c1NC(=O)NC(C)C. The number of aromatic nitrogens is 2. The maximum Gasteiger partial charge on any atom is 0.319 e. The molecule has 0 radical (unpaired) electrons. The van der Waals surface area contributed by atoms with Crippen molar-refractivity contribution in [2.45, 2.75) is 108 Å². The Morgan fingerprint density at radius 2 is 1.07 bits per heavy atom. The Bertz CT molecular complexity index is 2220. The molecule has 0 bridgehead atoms. The molecule has 0 atom stereocenters. The number of nitrogens with one attached hydrogen (secondary N) is 5. The molecular weight excluding hydrogens is 725 g/mol. The Balaban J connectivity index is 0.000000218. The van der Waals surface area contributed by atoms with E-state index in [1.807, 2.05) is 83.1 Å². The van der Waals surface area contributed by atoms with Crippen LogP contribution in [0.25, 0.3) is 0 Å². The summed E-state index contributed by atoms with van der Waals surface area (Å²) in [6, 6.07) is 3.20. The number of pyridine rings is 2. The van der Waals surface area contributed by atoms with Crippen molar-refractivity contribution in [3.8, 4) is 23.0 Å². The molecule has 2 aliphatic rings. The summed E-state index contributed by atoms with van der Waals surface area (Å²) in [5.41, 5.74) is 10.7. The average Bonchev–Trinajstić information content (AvgIpc) is 3.68. The molecule has 0 saturated carbocycles. The number of carbonyl (C=O) groups is 4. The van der Waals surface area contributed by atoms with Gasteiger partial charge in [-0.1, -0.05) is 0 Å². The maximum atomic E-state index is 12.2. The van der Waals surface area contributed by atoms with E-state index in [1.54, 1.807) is 36.5 Å². The summed E-state index contributed by atoms with van der Waals surface area (Å²) >= 11 is 0. The monoisotopic (exact) mass is 778 g/mol. The summed E-state index contributed by atoms with van der Waals surface area (Å²) in [4.78, 5) is 58.3. The van der Waals surface area contributed by atoms with Gasteiger partial charge < -0.3 is 36.1 Å². The van der Waals surface area contributed by atoms with E-state index in [-0.39, 0.29) is 48.8 Å². The van der Waals surface area contributed by atoms with Gasteiger partial charge in [-0.25, -0.2) is 19.6 Å². The molecular formula is C43H54N8O6. The number of likely N-dealkylation sites (N-methyl/N-ethyl adjacent to an activating group) is 1. The molecule has 14 nitrogen and oxygen atoms in total. The van der Waals surface area contributed by atoms with Crippen LogP contribution < -0.4 is 41.0 Å². The number of benzene rings is 2. The van der Waals surface area contributed by atoms with Crippen molar-refractivity contribution in [3.63, 3.8) is 0 Å². The van der Waals surface area contributed by atoms with Crippen LogP contribution in [0.2, 0.25) is 0 Å². The minimum Gasteiger partial charge on any atom is -0.456 e. The van der Waals surface area contributed by atoms with E-state index in [2.05, 4.69) is 36.6 Å². The number of urea groups is 2. The molecule has 2 aliphatic heterocycles. The summed E-state index contributed by atoms with van der Waals surface area (Å²) in [7, 11) is 1.72. The number of carbonyl (C=O) groups excluding carboxylic acids is 4. The molecule has 57 heavy (non-hydrogen) atoms. The largest absolute Gasteiger partial charge is 0.456 e. The number of amides is 6. The first-order valence-corrected chi connectivity index (χ1v) is 19.0. The molecule has 2 aromatic heterocycles. The number of hydrogen-bond acceptors (Lipinski definition) is 8. The maximum absolute atomic E-state index is 12.2. The van der Waals surface area contributed by atoms with E-state index in [0.717, 1.165) is 78.5 Å². The molecule has 14 heteroatoms. The van der Waals surface area contributed by atoms with Crippen LogP contribution in [0.3, 0.4) is 0 Å². The van der Waals surface area contributed by atoms with Gasteiger partial charge in [-0.3, -0.25) is 14.5 Å².